The van der Waals surface area contributed by atoms with E-state index in [2.05, 4.69) is 5.32 Å². The number of carbonyl (C=O) groups is 2. The number of carbonyl (C=O) groups excluding carboxylic acids is 1. The number of nitrogens with one attached hydrogen (secondary N) is 1. The Morgan fingerprint density at radius 3 is 2.40 bits per heavy atom. The molecule has 0 heterocycles. The van der Waals surface area contributed by atoms with Crippen molar-refractivity contribution in [2.45, 2.75) is 58.6 Å². The van der Waals surface area contributed by atoms with E-state index in [0.717, 1.165) is 30.0 Å². The molecule has 0 spiro atoms. The molecule has 1 rings (SSSR count). The minimum absolute atomic E-state index is 0.0686. The van der Waals surface area contributed by atoms with Gasteiger partial charge in [-0.2, -0.15) is 4.31 Å². The molecule has 0 bridgehead atoms. The monoisotopic (exact) mass is 378 g/mol. The zero-order valence-corrected chi connectivity index (χ0v) is 16.0. The summed E-state index contributed by atoms with van der Waals surface area (Å²) in [6, 6.07) is -1.19. The number of carboxylic acids is 1. The van der Waals surface area contributed by atoms with Gasteiger partial charge in [0.2, 0.25) is 15.9 Å². The van der Waals surface area contributed by atoms with E-state index in [0.29, 0.717) is 6.61 Å². The first kappa shape index (κ1) is 21.9. The molecule has 1 aliphatic rings. The Morgan fingerprint density at radius 1 is 1.28 bits per heavy atom. The first-order valence-electron chi connectivity index (χ1n) is 8.72. The van der Waals surface area contributed by atoms with Gasteiger partial charge in [0, 0.05) is 20.0 Å². The van der Waals surface area contributed by atoms with Crippen LogP contribution in [-0.4, -0.2) is 67.3 Å². The maximum absolute atomic E-state index is 12.7. The zero-order valence-electron chi connectivity index (χ0n) is 15.2. The topological polar surface area (TPSA) is 113 Å². The second-order valence-electron chi connectivity index (χ2n) is 6.73. The van der Waals surface area contributed by atoms with Crippen molar-refractivity contribution in [2.75, 3.05) is 25.4 Å². The van der Waals surface area contributed by atoms with Gasteiger partial charge in [-0.3, -0.25) is 9.59 Å². The molecule has 25 heavy (non-hydrogen) atoms. The van der Waals surface area contributed by atoms with Crippen molar-refractivity contribution >= 4 is 21.9 Å². The molecule has 0 aliphatic heterocycles. The van der Waals surface area contributed by atoms with Crippen molar-refractivity contribution in [3.05, 3.63) is 0 Å². The smallest absolute Gasteiger partial charge is 0.321 e. The van der Waals surface area contributed by atoms with Crippen molar-refractivity contribution < 1.29 is 27.9 Å². The molecule has 0 saturated heterocycles. The molecule has 1 aliphatic carbocycles. The molecule has 2 unspecified atom stereocenters. The summed E-state index contributed by atoms with van der Waals surface area (Å²) in [4.78, 5) is 22.2. The molecule has 2 atom stereocenters. The zero-order chi connectivity index (χ0) is 19.0. The Labute approximate surface area is 150 Å². The Kier molecular flexibility index (Phi) is 8.81. The maximum Gasteiger partial charge on any atom is 0.321 e. The Balaban J connectivity index is 2.65. The van der Waals surface area contributed by atoms with Crippen molar-refractivity contribution in [2.24, 2.45) is 5.92 Å². The standard InChI is InChI=1S/C16H30N2O6S/c1-12(10-24-15-6-4-5-7-15)11-25(22,23)18(13(2)16(20)21)9-8-17-14(3)19/h12-13,15H,4-11H2,1-3H3,(H,17,19)(H,20,21). The van der Waals surface area contributed by atoms with E-state index in [1.165, 1.54) is 13.8 Å². The predicted octanol–water partition coefficient (Wildman–Crippen LogP) is 0.823. The number of carboxylic acid groups (broad SMARTS) is 1. The minimum atomic E-state index is -3.79. The third-order valence-corrected chi connectivity index (χ3v) is 6.47. The van der Waals surface area contributed by atoms with Crippen LogP contribution in [0.25, 0.3) is 0 Å². The highest BCUT2D eigenvalue weighted by molar-refractivity contribution is 7.89. The largest absolute Gasteiger partial charge is 0.480 e. The van der Waals surface area contributed by atoms with E-state index < -0.39 is 22.0 Å². The van der Waals surface area contributed by atoms with Gasteiger partial charge in [0.25, 0.3) is 0 Å². The first-order chi connectivity index (χ1) is 11.6. The third kappa shape index (κ3) is 7.70. The minimum Gasteiger partial charge on any atom is -0.480 e. The van der Waals surface area contributed by atoms with Crippen LogP contribution in [-0.2, 0) is 24.3 Å². The summed E-state index contributed by atoms with van der Waals surface area (Å²) in [5.41, 5.74) is 0. The summed E-state index contributed by atoms with van der Waals surface area (Å²) < 4.78 is 32.0. The average Bonchev–Trinajstić information content (AvgIpc) is 3.01. The molecular formula is C16H30N2O6S. The molecule has 9 heteroatoms. The number of rotatable bonds is 11. The second-order valence-corrected chi connectivity index (χ2v) is 8.70. The molecule has 0 aromatic heterocycles. The van der Waals surface area contributed by atoms with Crippen LogP contribution in [0.4, 0.5) is 0 Å². The summed E-state index contributed by atoms with van der Waals surface area (Å²) in [5.74, 6) is -1.94. The Hall–Kier alpha value is -1.19. The lowest BCUT2D eigenvalue weighted by Gasteiger charge is -2.27. The molecule has 1 amide bonds. The van der Waals surface area contributed by atoms with Gasteiger partial charge >= 0.3 is 5.97 Å². The van der Waals surface area contributed by atoms with Gasteiger partial charge in [-0.15, -0.1) is 0 Å². The molecule has 146 valence electrons. The van der Waals surface area contributed by atoms with Crippen LogP contribution in [0.1, 0.15) is 46.5 Å². The second kappa shape index (κ2) is 10.1. The number of hydrogen-bond acceptors (Lipinski definition) is 5. The maximum atomic E-state index is 12.7. The number of aliphatic carboxylic acids is 1. The van der Waals surface area contributed by atoms with Gasteiger partial charge in [-0.25, -0.2) is 8.42 Å². The lowest BCUT2D eigenvalue weighted by molar-refractivity contribution is -0.140. The normalized spacial score (nSPS) is 18.2. The van der Waals surface area contributed by atoms with Crippen molar-refractivity contribution in [1.29, 1.82) is 0 Å². The molecule has 1 fully saturated rings. The number of amides is 1. The first-order valence-corrected chi connectivity index (χ1v) is 10.3. The van der Waals surface area contributed by atoms with Gasteiger partial charge in [0.1, 0.15) is 6.04 Å². The Bertz CT molecular complexity index is 545. The summed E-state index contributed by atoms with van der Waals surface area (Å²) in [7, 11) is -3.79. The van der Waals surface area contributed by atoms with Gasteiger partial charge in [0.05, 0.1) is 18.5 Å². The van der Waals surface area contributed by atoms with Crippen LogP contribution >= 0.6 is 0 Å². The highest BCUT2D eigenvalue weighted by atomic mass is 32.2. The van der Waals surface area contributed by atoms with Crippen LogP contribution in [0.2, 0.25) is 0 Å². The van der Waals surface area contributed by atoms with Crippen molar-refractivity contribution in [3.8, 4) is 0 Å². The molecule has 0 aromatic rings. The predicted molar refractivity (Wildman–Crippen MR) is 93.6 cm³/mol. The number of ether oxygens (including phenoxy) is 1. The summed E-state index contributed by atoms with van der Waals surface area (Å²) in [5, 5.41) is 11.7. The van der Waals surface area contributed by atoms with E-state index in [4.69, 9.17) is 4.74 Å². The fourth-order valence-electron chi connectivity index (χ4n) is 2.90. The van der Waals surface area contributed by atoms with E-state index >= 15 is 0 Å². The lowest BCUT2D eigenvalue weighted by Crippen LogP contribution is -2.48. The van der Waals surface area contributed by atoms with Gasteiger partial charge in [-0.05, 0) is 25.7 Å². The third-order valence-electron chi connectivity index (χ3n) is 4.27. The van der Waals surface area contributed by atoms with Crippen LogP contribution in [0.15, 0.2) is 0 Å². The van der Waals surface area contributed by atoms with Crippen molar-refractivity contribution in [3.63, 3.8) is 0 Å². The lowest BCUT2D eigenvalue weighted by atomic mass is 10.2. The van der Waals surface area contributed by atoms with E-state index in [1.807, 2.05) is 0 Å². The van der Waals surface area contributed by atoms with Crippen LogP contribution < -0.4 is 5.32 Å². The number of hydrogen-bond donors (Lipinski definition) is 2. The van der Waals surface area contributed by atoms with E-state index in [9.17, 15) is 23.1 Å². The SMILES string of the molecule is CC(=O)NCCN(C(C)C(=O)O)S(=O)(=O)CC(C)COC1CCCC1. The van der Waals surface area contributed by atoms with Crippen LogP contribution in [0.3, 0.4) is 0 Å². The average molecular weight is 378 g/mol. The summed E-state index contributed by atoms with van der Waals surface area (Å²) in [6.07, 6.45) is 4.52. The number of sulfonamides is 1. The van der Waals surface area contributed by atoms with Crippen LogP contribution in [0.5, 0.6) is 0 Å². The van der Waals surface area contributed by atoms with Gasteiger partial charge in [-0.1, -0.05) is 19.8 Å². The Morgan fingerprint density at radius 2 is 1.88 bits per heavy atom. The summed E-state index contributed by atoms with van der Waals surface area (Å²) in [6.45, 7) is 4.76. The summed E-state index contributed by atoms with van der Waals surface area (Å²) >= 11 is 0. The highest BCUT2D eigenvalue weighted by Gasteiger charge is 2.32. The quantitative estimate of drug-likeness (QED) is 0.550. The number of nitrogens with zero attached hydrogens (tertiary/aromatic N) is 1. The highest BCUT2D eigenvalue weighted by Crippen LogP contribution is 2.22. The molecule has 0 radical (unpaired) electrons. The van der Waals surface area contributed by atoms with Gasteiger partial charge < -0.3 is 15.2 Å². The molecule has 8 nitrogen and oxygen atoms in total. The molecule has 1 saturated carbocycles. The van der Waals surface area contributed by atoms with Crippen LogP contribution in [0, 0.1) is 5.92 Å². The van der Waals surface area contributed by atoms with Crippen molar-refractivity contribution in [1.82, 2.24) is 9.62 Å². The van der Waals surface area contributed by atoms with Gasteiger partial charge in [0.15, 0.2) is 0 Å². The molecule has 2 N–H and O–H groups in total. The fraction of sp³-hybridized carbons (Fsp3) is 0.875. The van der Waals surface area contributed by atoms with E-state index in [1.54, 1.807) is 6.92 Å². The van der Waals surface area contributed by atoms with E-state index in [-0.39, 0.29) is 36.8 Å². The molecule has 0 aromatic carbocycles. The molecular weight excluding hydrogens is 348 g/mol. The fourth-order valence-corrected chi connectivity index (χ4v) is 4.85.